The van der Waals surface area contributed by atoms with Gasteiger partial charge in [0.2, 0.25) is 11.6 Å². The molecule has 3 nitrogen and oxygen atoms in total. The van der Waals surface area contributed by atoms with Crippen LogP contribution >= 0.6 is 0 Å². The van der Waals surface area contributed by atoms with Gasteiger partial charge in [0, 0.05) is 5.92 Å². The van der Waals surface area contributed by atoms with Gasteiger partial charge in [-0.15, -0.1) is 0 Å². The van der Waals surface area contributed by atoms with Gasteiger partial charge in [0.15, 0.2) is 0 Å². The summed E-state index contributed by atoms with van der Waals surface area (Å²) in [6.45, 7) is 2.32. The Morgan fingerprint density at radius 1 is 1.24 bits per heavy atom. The van der Waals surface area contributed by atoms with Crippen LogP contribution in [-0.4, -0.2) is 22.8 Å². The van der Waals surface area contributed by atoms with E-state index < -0.39 is 6.10 Å². The molecule has 0 heterocycles. The van der Waals surface area contributed by atoms with Crippen LogP contribution in [0, 0.1) is 35.0 Å². The number of fused-ring (bicyclic) bond motifs is 5. The second-order valence-corrected chi connectivity index (χ2v) is 8.02. The first-order valence-corrected chi connectivity index (χ1v) is 8.46. The fraction of sp³-hybridized carbons (Fsp3) is 0.778. The minimum atomic E-state index is -0.412. The Morgan fingerprint density at radius 3 is 2.86 bits per heavy atom. The van der Waals surface area contributed by atoms with Crippen molar-refractivity contribution in [3.8, 4) is 0 Å². The quantitative estimate of drug-likeness (QED) is 0.697. The highest BCUT2D eigenvalue weighted by Gasteiger charge is 2.58. The molecule has 0 spiro atoms. The van der Waals surface area contributed by atoms with E-state index in [4.69, 9.17) is 0 Å². The van der Waals surface area contributed by atoms with Gasteiger partial charge in [-0.2, -0.15) is 0 Å². The molecule has 4 aliphatic carbocycles. The van der Waals surface area contributed by atoms with E-state index in [-0.39, 0.29) is 34.7 Å². The molecule has 21 heavy (non-hydrogen) atoms. The number of carbonyl (C=O) groups excluding carboxylic acids is 2. The molecule has 2 unspecified atom stereocenters. The number of hydrogen-bond acceptors (Lipinski definition) is 3. The van der Waals surface area contributed by atoms with Gasteiger partial charge in [0.05, 0.1) is 6.10 Å². The first kappa shape index (κ1) is 13.7. The highest BCUT2D eigenvalue weighted by Crippen LogP contribution is 2.61. The van der Waals surface area contributed by atoms with Crippen molar-refractivity contribution in [1.29, 1.82) is 0 Å². The largest absolute Gasteiger partial charge is 0.393 e. The molecule has 114 valence electrons. The van der Waals surface area contributed by atoms with Crippen LogP contribution in [0.1, 0.15) is 45.4 Å². The van der Waals surface area contributed by atoms with Crippen LogP contribution in [-0.2, 0) is 9.59 Å². The number of hydrogen-bond donors (Lipinski definition) is 1. The molecule has 3 heteroatoms. The van der Waals surface area contributed by atoms with Crippen molar-refractivity contribution in [2.24, 2.45) is 35.0 Å². The van der Waals surface area contributed by atoms with Crippen molar-refractivity contribution in [2.75, 3.05) is 0 Å². The molecule has 0 aromatic carbocycles. The number of rotatable bonds is 0. The van der Waals surface area contributed by atoms with Gasteiger partial charge < -0.3 is 5.11 Å². The highest BCUT2D eigenvalue weighted by molar-refractivity contribution is 6.43. The third kappa shape index (κ3) is 1.82. The Balaban J connectivity index is 1.72. The molecular weight excluding hydrogens is 264 g/mol. The minimum Gasteiger partial charge on any atom is -0.393 e. The normalized spacial score (nSPS) is 52.3. The molecular formula is C18H24O3. The summed E-state index contributed by atoms with van der Waals surface area (Å²) in [7, 11) is 0. The summed E-state index contributed by atoms with van der Waals surface area (Å²) >= 11 is 0. The van der Waals surface area contributed by atoms with E-state index in [1.54, 1.807) is 0 Å². The van der Waals surface area contributed by atoms with Gasteiger partial charge >= 0.3 is 0 Å². The van der Waals surface area contributed by atoms with E-state index in [0.29, 0.717) is 11.8 Å². The summed E-state index contributed by atoms with van der Waals surface area (Å²) in [6, 6.07) is 0. The third-order valence-corrected chi connectivity index (χ3v) is 7.04. The molecule has 1 N–H and O–H groups in total. The van der Waals surface area contributed by atoms with Gasteiger partial charge in [0.1, 0.15) is 0 Å². The molecule has 0 aromatic heterocycles. The molecule has 0 aliphatic heterocycles. The number of Topliss-reactive ketones (excluding diaryl/α,β-unsaturated/α-hetero) is 1. The fourth-order valence-electron chi connectivity index (χ4n) is 6.20. The molecule has 4 aliphatic rings. The maximum atomic E-state index is 12.4. The first-order valence-electron chi connectivity index (χ1n) is 8.46. The van der Waals surface area contributed by atoms with Crippen molar-refractivity contribution in [3.05, 3.63) is 12.2 Å². The van der Waals surface area contributed by atoms with Crippen LogP contribution < -0.4 is 0 Å². The van der Waals surface area contributed by atoms with Gasteiger partial charge in [0.25, 0.3) is 0 Å². The van der Waals surface area contributed by atoms with Crippen molar-refractivity contribution < 1.29 is 14.7 Å². The Hall–Kier alpha value is -0.960. The zero-order valence-corrected chi connectivity index (χ0v) is 12.6. The Morgan fingerprint density at radius 2 is 2.05 bits per heavy atom. The number of carbonyl (C=O) groups is 2. The Bertz CT molecular complexity index is 523. The van der Waals surface area contributed by atoms with Crippen LogP contribution in [0.25, 0.3) is 0 Å². The van der Waals surface area contributed by atoms with E-state index in [0.717, 1.165) is 19.3 Å². The van der Waals surface area contributed by atoms with Crippen LogP contribution in [0.2, 0.25) is 0 Å². The van der Waals surface area contributed by atoms with E-state index in [1.807, 2.05) is 6.08 Å². The van der Waals surface area contributed by atoms with Crippen molar-refractivity contribution >= 4 is 11.6 Å². The predicted molar refractivity (Wildman–Crippen MR) is 78.4 cm³/mol. The summed E-state index contributed by atoms with van der Waals surface area (Å²) in [6.07, 6.45) is 9.59. The lowest BCUT2D eigenvalue weighted by Crippen LogP contribution is -2.55. The lowest BCUT2D eigenvalue weighted by Gasteiger charge is -2.55. The lowest BCUT2D eigenvalue weighted by atomic mass is 9.50. The maximum Gasteiger partial charge on any atom is 0.221 e. The minimum absolute atomic E-state index is 0.0151. The predicted octanol–water partition coefficient (Wildman–Crippen LogP) is 2.52. The molecule has 0 aromatic rings. The monoisotopic (exact) mass is 288 g/mol. The molecule has 4 rings (SSSR count). The van der Waals surface area contributed by atoms with Gasteiger partial charge in [-0.05, 0) is 67.3 Å². The number of aliphatic hydroxyl groups is 1. The molecule has 3 fully saturated rings. The van der Waals surface area contributed by atoms with Crippen LogP contribution in [0.4, 0.5) is 0 Å². The van der Waals surface area contributed by atoms with Gasteiger partial charge in [-0.1, -0.05) is 19.4 Å². The highest BCUT2D eigenvalue weighted by atomic mass is 16.3. The Kier molecular flexibility index (Phi) is 2.94. The zero-order valence-electron chi connectivity index (χ0n) is 12.6. The first-order chi connectivity index (χ1) is 10.0. The second-order valence-electron chi connectivity index (χ2n) is 8.02. The van der Waals surface area contributed by atoms with Crippen molar-refractivity contribution in [3.63, 3.8) is 0 Å². The van der Waals surface area contributed by atoms with Crippen LogP contribution in [0.5, 0.6) is 0 Å². The summed E-state index contributed by atoms with van der Waals surface area (Å²) in [5, 5.41) is 10.8. The van der Waals surface area contributed by atoms with E-state index >= 15 is 0 Å². The Labute approximate surface area is 125 Å². The topological polar surface area (TPSA) is 54.4 Å². The van der Waals surface area contributed by atoms with E-state index in [2.05, 4.69) is 6.92 Å². The molecule has 0 saturated heterocycles. The fourth-order valence-corrected chi connectivity index (χ4v) is 6.20. The van der Waals surface area contributed by atoms with Crippen molar-refractivity contribution in [1.82, 2.24) is 0 Å². The molecule has 3 saturated carbocycles. The van der Waals surface area contributed by atoms with Gasteiger partial charge in [-0.25, -0.2) is 0 Å². The molecule has 0 amide bonds. The molecule has 0 radical (unpaired) electrons. The molecule has 0 bridgehead atoms. The summed E-state index contributed by atoms with van der Waals surface area (Å²) in [4.78, 5) is 24.2. The number of ketones is 2. The average molecular weight is 288 g/mol. The third-order valence-electron chi connectivity index (χ3n) is 7.04. The zero-order chi connectivity index (χ0) is 14.8. The summed E-state index contributed by atoms with van der Waals surface area (Å²) < 4.78 is 0. The summed E-state index contributed by atoms with van der Waals surface area (Å²) in [5.74, 6) is 0.424. The smallest absolute Gasteiger partial charge is 0.221 e. The van der Waals surface area contributed by atoms with Crippen LogP contribution in [0.15, 0.2) is 12.2 Å². The second kappa shape index (κ2) is 4.52. The SMILES string of the molecule is C[C@@]12CCC[C@H]1[C@@H]1CCC3C=CC(=O)C(=O)[C@@H]3[C@H]1C(O)C2. The summed E-state index contributed by atoms with van der Waals surface area (Å²) in [5.41, 5.74) is 0.255. The van der Waals surface area contributed by atoms with E-state index in [9.17, 15) is 14.7 Å². The average Bonchev–Trinajstić information content (AvgIpc) is 2.83. The van der Waals surface area contributed by atoms with Gasteiger partial charge in [-0.3, -0.25) is 9.59 Å². The molecule has 7 atom stereocenters. The van der Waals surface area contributed by atoms with Crippen LogP contribution in [0.3, 0.4) is 0 Å². The number of aliphatic hydroxyl groups excluding tert-OH is 1. The number of allylic oxidation sites excluding steroid dienone is 2. The maximum absolute atomic E-state index is 12.4. The lowest BCUT2D eigenvalue weighted by molar-refractivity contribution is -0.152. The van der Waals surface area contributed by atoms with E-state index in [1.165, 1.54) is 25.3 Å². The van der Waals surface area contributed by atoms with Crippen molar-refractivity contribution in [2.45, 2.75) is 51.6 Å². The standard InChI is InChI=1S/C18H24O3/c1-18-8-2-3-12(18)11-6-4-10-5-7-13(19)17(21)15(10)16(11)14(20)9-18/h5,7,10-12,14-16,20H,2-4,6,8-9H2,1H3/t10?,11-,12-,14?,15-,16+,18-/m0/s1.